The van der Waals surface area contributed by atoms with Crippen molar-refractivity contribution < 1.29 is 43.5 Å². The lowest BCUT2D eigenvalue weighted by Gasteiger charge is -2.16. The van der Waals surface area contributed by atoms with Crippen molar-refractivity contribution in [3.05, 3.63) is 191 Å². The quantitative estimate of drug-likeness (QED) is 0.0660. The predicted octanol–water partition coefficient (Wildman–Crippen LogP) is 16.0. The SMILES string of the molecule is CC#C[C@@H](CC(=O)O)c1ccc(OC2CCc3ccc(Br)cc32)cc1.CC#C[C@@H](CC(=O)OC)c1ccc(O)cc1.CC#C[C@@H](CC(=O)OC)c1ccc(OC2CCc3ccc(Br)cc32)cc1.ClC1CCc2ccc(Br)cc21. The number of aryl methyl sites for hydroxylation is 3. The number of methoxy groups -OCH3 is 2. The molecule has 9 rings (SSSR count). The van der Waals surface area contributed by atoms with Crippen LogP contribution in [0.2, 0.25) is 0 Å². The Labute approximate surface area is 489 Å². The van der Waals surface area contributed by atoms with E-state index in [1.165, 1.54) is 47.6 Å². The van der Waals surface area contributed by atoms with Crippen molar-refractivity contribution in [2.45, 2.75) is 114 Å². The second kappa shape index (κ2) is 30.6. The molecule has 2 N–H and O–H groups in total. The fraction of sp³-hybridized carbons (Fsp3) is 0.308. The van der Waals surface area contributed by atoms with Crippen LogP contribution in [0, 0.1) is 35.5 Å². The Morgan fingerprint density at radius 1 is 0.526 bits per heavy atom. The number of phenols is 1. The van der Waals surface area contributed by atoms with E-state index in [2.05, 4.69) is 143 Å². The lowest BCUT2D eigenvalue weighted by atomic mass is 9.96. The minimum absolute atomic E-state index is 0.00503. The Hall–Kier alpha value is -6.46. The van der Waals surface area contributed by atoms with E-state index in [0.717, 1.165) is 80.1 Å². The number of esters is 2. The summed E-state index contributed by atoms with van der Waals surface area (Å²) in [5.41, 5.74) is 10.7. The molecule has 0 aliphatic heterocycles. The van der Waals surface area contributed by atoms with Crippen LogP contribution in [0.1, 0.15) is 145 Å². The van der Waals surface area contributed by atoms with Gasteiger partial charge in [0.1, 0.15) is 29.5 Å². The largest absolute Gasteiger partial charge is 0.508 e. The molecule has 13 heteroatoms. The maximum atomic E-state index is 11.6. The second-order valence-electron chi connectivity index (χ2n) is 18.6. The predicted molar refractivity (Wildman–Crippen MR) is 318 cm³/mol. The van der Waals surface area contributed by atoms with Crippen LogP contribution in [0.4, 0.5) is 0 Å². The van der Waals surface area contributed by atoms with E-state index in [4.69, 9.17) is 36.0 Å². The summed E-state index contributed by atoms with van der Waals surface area (Å²) in [5.74, 6) is 17.3. The third-order valence-corrected chi connectivity index (χ3v) is 15.3. The summed E-state index contributed by atoms with van der Waals surface area (Å²) >= 11 is 16.6. The van der Waals surface area contributed by atoms with Crippen molar-refractivity contribution >= 4 is 77.3 Å². The van der Waals surface area contributed by atoms with Crippen LogP contribution >= 0.6 is 59.4 Å². The first-order valence-electron chi connectivity index (χ1n) is 25.5. The van der Waals surface area contributed by atoms with Gasteiger partial charge in [0.15, 0.2) is 0 Å². The third kappa shape index (κ3) is 18.0. The molecule has 0 amide bonds. The Morgan fingerprint density at radius 3 is 1.24 bits per heavy atom. The molecule has 0 aromatic heterocycles. The molecule has 78 heavy (non-hydrogen) atoms. The molecule has 3 aliphatic carbocycles. The topological polar surface area (TPSA) is 129 Å². The smallest absolute Gasteiger partial charge is 0.307 e. The highest BCUT2D eigenvalue weighted by atomic mass is 79.9. The normalized spacial score (nSPS) is 16.0. The molecule has 0 radical (unpaired) electrons. The summed E-state index contributed by atoms with van der Waals surface area (Å²) in [6.45, 7) is 5.23. The van der Waals surface area contributed by atoms with Crippen molar-refractivity contribution in [1.29, 1.82) is 0 Å². The van der Waals surface area contributed by atoms with Crippen LogP contribution in [-0.4, -0.2) is 42.3 Å². The molecular formula is C65H62Br3ClO9. The molecule has 404 valence electrons. The standard InChI is InChI=1S/C22H21BrO3.C21H19BrO3.C13H14O3.C9H8BrCl/c1-3-4-17(13-22(24)25-2)15-6-10-19(11-7-15)26-21-12-8-16-5-9-18(23)14-20(16)21;1-2-3-16(12-21(23)24)14-5-9-18(10-6-14)25-20-11-7-15-4-8-17(22)13-19(15)20;1-3-4-11(9-13(15)16-2)10-5-7-12(14)8-6-10;10-7-3-1-6-2-4-9(11)8(6)5-7/h5-7,9-11,14,17,21H,8,12-13H2,1-2H3;4-6,8-10,13,16,20H,7,11-12H2,1H3,(H,23,24);5-8,11,14H,9H2,1-2H3;1,3,5,9H,2,4H2/t17-,21?;16-,20?;11-;/m000./s1. The summed E-state index contributed by atoms with van der Waals surface area (Å²) in [6, 6.07) is 41.2. The first kappa shape index (κ1) is 60.8. The Kier molecular flexibility index (Phi) is 23.9. The molecule has 0 spiro atoms. The monoisotopic (exact) mass is 1260 g/mol. The van der Waals surface area contributed by atoms with Gasteiger partial charge >= 0.3 is 17.9 Å². The number of ether oxygens (including phenoxy) is 4. The molecule has 0 bridgehead atoms. The van der Waals surface area contributed by atoms with Crippen molar-refractivity contribution in [3.63, 3.8) is 0 Å². The molecule has 0 fully saturated rings. The number of benzene rings is 6. The van der Waals surface area contributed by atoms with Crippen molar-refractivity contribution in [3.8, 4) is 52.8 Å². The van der Waals surface area contributed by atoms with Crippen LogP contribution in [0.25, 0.3) is 0 Å². The van der Waals surface area contributed by atoms with Gasteiger partial charge < -0.3 is 29.2 Å². The van der Waals surface area contributed by atoms with E-state index < -0.39 is 5.97 Å². The molecule has 6 atom stereocenters. The van der Waals surface area contributed by atoms with E-state index in [1.54, 1.807) is 45.0 Å². The molecule has 6 aromatic rings. The van der Waals surface area contributed by atoms with E-state index in [9.17, 15) is 14.4 Å². The lowest BCUT2D eigenvalue weighted by Crippen LogP contribution is -2.08. The highest BCUT2D eigenvalue weighted by Gasteiger charge is 2.26. The highest BCUT2D eigenvalue weighted by Crippen LogP contribution is 2.40. The number of carbonyl (C=O) groups is 3. The van der Waals surface area contributed by atoms with Crippen molar-refractivity contribution in [1.82, 2.24) is 0 Å². The molecule has 0 saturated heterocycles. The van der Waals surface area contributed by atoms with Gasteiger partial charge in [0.2, 0.25) is 0 Å². The maximum Gasteiger partial charge on any atom is 0.307 e. The number of fused-ring (bicyclic) bond motifs is 3. The van der Waals surface area contributed by atoms with Gasteiger partial charge in [-0.3, -0.25) is 14.4 Å². The lowest BCUT2D eigenvalue weighted by molar-refractivity contribution is -0.141. The molecule has 3 aliphatic rings. The first-order chi connectivity index (χ1) is 37.6. The van der Waals surface area contributed by atoms with E-state index in [0.29, 0.717) is 0 Å². The van der Waals surface area contributed by atoms with Crippen LogP contribution < -0.4 is 9.47 Å². The fourth-order valence-corrected chi connectivity index (χ4v) is 10.8. The van der Waals surface area contributed by atoms with Gasteiger partial charge in [-0.2, -0.15) is 0 Å². The fourth-order valence-electron chi connectivity index (χ4n) is 9.38. The molecule has 0 saturated carbocycles. The summed E-state index contributed by atoms with van der Waals surface area (Å²) < 4.78 is 25.0. The van der Waals surface area contributed by atoms with Crippen LogP contribution in [-0.2, 0) is 43.1 Å². The summed E-state index contributed by atoms with van der Waals surface area (Å²) in [6.07, 6.45) is 6.87. The number of aliphatic carboxylic acids is 1. The molecule has 3 unspecified atom stereocenters. The third-order valence-electron chi connectivity index (χ3n) is 13.3. The van der Waals surface area contributed by atoms with Gasteiger partial charge in [0, 0.05) is 13.4 Å². The van der Waals surface area contributed by atoms with Crippen molar-refractivity contribution in [2.75, 3.05) is 14.2 Å². The molecule has 6 aromatic carbocycles. The van der Waals surface area contributed by atoms with E-state index >= 15 is 0 Å². The van der Waals surface area contributed by atoms with Gasteiger partial charge in [0.25, 0.3) is 0 Å². The number of carbonyl (C=O) groups excluding carboxylic acids is 2. The second-order valence-corrected chi connectivity index (χ2v) is 21.8. The number of alkyl halides is 1. The van der Waals surface area contributed by atoms with Gasteiger partial charge in [0.05, 0.1) is 56.6 Å². The number of carboxylic acid groups (broad SMARTS) is 1. The average Bonchev–Trinajstić information content (AvgIpc) is 4.18. The Morgan fingerprint density at radius 2 is 0.872 bits per heavy atom. The zero-order valence-electron chi connectivity index (χ0n) is 44.2. The summed E-state index contributed by atoms with van der Waals surface area (Å²) in [5, 5.41) is 18.4. The average molecular weight is 1260 g/mol. The number of halogens is 4. The minimum Gasteiger partial charge on any atom is -0.508 e. The van der Waals surface area contributed by atoms with Crippen LogP contribution in [0.3, 0.4) is 0 Å². The van der Waals surface area contributed by atoms with Gasteiger partial charge in [-0.1, -0.05) is 120 Å². The highest BCUT2D eigenvalue weighted by molar-refractivity contribution is 9.11. The number of hydrogen-bond donors (Lipinski definition) is 2. The van der Waals surface area contributed by atoms with Crippen LogP contribution in [0.5, 0.6) is 17.2 Å². The summed E-state index contributed by atoms with van der Waals surface area (Å²) in [7, 11) is 2.75. The first-order valence-corrected chi connectivity index (χ1v) is 28.4. The van der Waals surface area contributed by atoms with Gasteiger partial charge in [-0.05, 0) is 182 Å². The van der Waals surface area contributed by atoms with E-state index in [1.807, 2.05) is 48.5 Å². The van der Waals surface area contributed by atoms with Gasteiger partial charge in [-0.25, -0.2) is 0 Å². The zero-order chi connectivity index (χ0) is 56.1. The Balaban J connectivity index is 0.000000176. The number of hydrogen-bond acceptors (Lipinski definition) is 8. The molecular weight excluding hydrogens is 1200 g/mol. The maximum absolute atomic E-state index is 11.6. The van der Waals surface area contributed by atoms with Gasteiger partial charge in [-0.15, -0.1) is 29.4 Å². The van der Waals surface area contributed by atoms with Crippen LogP contribution in [0.15, 0.2) is 141 Å². The number of carboxylic acids is 1. The minimum atomic E-state index is -0.846. The Bertz CT molecular complexity index is 3200. The van der Waals surface area contributed by atoms with Crippen molar-refractivity contribution in [2.24, 2.45) is 0 Å². The number of rotatable bonds is 13. The number of phenolic OH excluding ortho intramolecular Hbond substituents is 1. The molecule has 0 heterocycles. The number of aromatic hydroxyl groups is 1. The summed E-state index contributed by atoms with van der Waals surface area (Å²) in [4.78, 5) is 33.8. The van der Waals surface area contributed by atoms with E-state index in [-0.39, 0.29) is 72.3 Å². The molecule has 9 nitrogen and oxygen atoms in total. The zero-order valence-corrected chi connectivity index (χ0v) is 49.7.